The van der Waals surface area contributed by atoms with E-state index in [0.717, 1.165) is 0 Å². The Kier molecular flexibility index (Phi) is 5.14. The van der Waals surface area contributed by atoms with E-state index in [4.69, 9.17) is 22.7 Å². The van der Waals surface area contributed by atoms with E-state index in [1.54, 1.807) is 11.9 Å². The molecule has 7 heteroatoms. The Balaban J connectivity index is 2.24. The smallest absolute Gasteiger partial charge is 0.409 e. The van der Waals surface area contributed by atoms with Gasteiger partial charge in [0.1, 0.15) is 6.61 Å². The van der Waals surface area contributed by atoms with Crippen molar-refractivity contribution in [2.75, 3.05) is 33.3 Å². The normalized spacial score (nSPS) is 14.6. The molecule has 0 atom stereocenters. The number of amides is 2. The molecule has 0 aromatic heterocycles. The molecule has 17 heavy (non-hydrogen) atoms. The second-order valence-corrected chi connectivity index (χ2v) is 4.41. The molecule has 96 valence electrons. The molecule has 0 spiro atoms. The van der Waals surface area contributed by atoms with Crippen molar-refractivity contribution in [3.63, 3.8) is 0 Å². The number of carbonyl (C=O) groups is 2. The van der Waals surface area contributed by atoms with Gasteiger partial charge in [-0.15, -0.1) is 0 Å². The van der Waals surface area contributed by atoms with Crippen molar-refractivity contribution in [1.82, 2.24) is 9.80 Å². The first-order valence-electron chi connectivity index (χ1n) is 5.44. The van der Waals surface area contributed by atoms with Gasteiger partial charge >= 0.3 is 6.09 Å². The van der Waals surface area contributed by atoms with Crippen LogP contribution >= 0.6 is 12.2 Å². The summed E-state index contributed by atoms with van der Waals surface area (Å²) in [6.07, 6.45) is 0.468. The highest BCUT2D eigenvalue weighted by atomic mass is 32.1. The molecule has 0 bridgehead atoms. The van der Waals surface area contributed by atoms with Gasteiger partial charge < -0.3 is 20.3 Å². The molecule has 1 aliphatic rings. The number of rotatable bonds is 6. The minimum atomic E-state index is -0.344. The standard InChI is InChI=1S/C10H17N3O3S/c1-12(4-2-8(11)17)9(14)3-5-13-6-7-16-10(13)15/h2-7H2,1H3,(H2,11,17). The fourth-order valence-corrected chi connectivity index (χ4v) is 1.54. The largest absolute Gasteiger partial charge is 0.448 e. The van der Waals surface area contributed by atoms with Crippen molar-refractivity contribution in [2.45, 2.75) is 12.8 Å². The van der Waals surface area contributed by atoms with Crippen molar-refractivity contribution < 1.29 is 14.3 Å². The number of nitrogens with two attached hydrogens (primary N) is 1. The molecule has 0 saturated carbocycles. The summed E-state index contributed by atoms with van der Waals surface area (Å²) in [5, 5.41) is 0. The SMILES string of the molecule is CN(CCC(N)=S)C(=O)CCN1CCOC1=O. The van der Waals surface area contributed by atoms with Gasteiger partial charge in [-0.1, -0.05) is 12.2 Å². The number of nitrogens with zero attached hydrogens (tertiary/aromatic N) is 2. The van der Waals surface area contributed by atoms with Crippen molar-refractivity contribution in [1.29, 1.82) is 0 Å². The van der Waals surface area contributed by atoms with Crippen LogP contribution in [0.3, 0.4) is 0 Å². The highest BCUT2D eigenvalue weighted by Crippen LogP contribution is 2.04. The van der Waals surface area contributed by atoms with Gasteiger partial charge in [0, 0.05) is 33.0 Å². The zero-order valence-corrected chi connectivity index (χ0v) is 10.7. The van der Waals surface area contributed by atoms with E-state index in [-0.39, 0.29) is 12.0 Å². The third-order valence-corrected chi connectivity index (χ3v) is 2.76. The van der Waals surface area contributed by atoms with E-state index in [0.29, 0.717) is 44.1 Å². The summed E-state index contributed by atoms with van der Waals surface area (Å²) >= 11 is 4.74. The van der Waals surface area contributed by atoms with E-state index in [1.165, 1.54) is 4.90 Å². The van der Waals surface area contributed by atoms with Crippen LogP contribution in [0.1, 0.15) is 12.8 Å². The van der Waals surface area contributed by atoms with Crippen LogP contribution in [-0.4, -0.2) is 60.1 Å². The molecule has 1 heterocycles. The molecule has 2 amide bonds. The van der Waals surface area contributed by atoms with Crippen LogP contribution < -0.4 is 5.73 Å². The highest BCUT2D eigenvalue weighted by Gasteiger charge is 2.22. The number of carbonyl (C=O) groups excluding carboxylic acids is 2. The zero-order valence-electron chi connectivity index (χ0n) is 9.85. The fourth-order valence-electron chi connectivity index (χ4n) is 1.45. The maximum Gasteiger partial charge on any atom is 0.409 e. The molecule has 2 N–H and O–H groups in total. The number of ether oxygens (including phenoxy) is 1. The first kappa shape index (κ1) is 13.7. The van der Waals surface area contributed by atoms with Crippen LogP contribution in [0.15, 0.2) is 0 Å². The summed E-state index contributed by atoms with van der Waals surface area (Å²) in [7, 11) is 1.70. The van der Waals surface area contributed by atoms with E-state index in [2.05, 4.69) is 0 Å². The molecule has 1 saturated heterocycles. The third-order valence-electron chi connectivity index (χ3n) is 2.56. The Hall–Kier alpha value is -1.37. The van der Waals surface area contributed by atoms with Crippen LogP contribution in [0.25, 0.3) is 0 Å². The molecule has 6 nitrogen and oxygen atoms in total. The predicted octanol–water partition coefficient (Wildman–Crippen LogP) is -0.0367. The van der Waals surface area contributed by atoms with Crippen molar-refractivity contribution in [3.05, 3.63) is 0 Å². The molecule has 0 unspecified atom stereocenters. The summed E-state index contributed by atoms with van der Waals surface area (Å²) in [5.74, 6) is -0.0269. The summed E-state index contributed by atoms with van der Waals surface area (Å²) in [5.41, 5.74) is 5.36. The van der Waals surface area contributed by atoms with Gasteiger partial charge in [-0.3, -0.25) is 4.79 Å². The molecule has 0 radical (unpaired) electrons. The van der Waals surface area contributed by atoms with Crippen LogP contribution in [0, 0.1) is 0 Å². The quantitative estimate of drug-likeness (QED) is 0.678. The minimum absolute atomic E-state index is 0.0269. The summed E-state index contributed by atoms with van der Waals surface area (Å²) in [6, 6.07) is 0. The Labute approximate surface area is 106 Å². The molecular formula is C10H17N3O3S. The predicted molar refractivity (Wildman–Crippen MR) is 66.6 cm³/mol. The minimum Gasteiger partial charge on any atom is -0.448 e. The lowest BCUT2D eigenvalue weighted by molar-refractivity contribution is -0.129. The maximum atomic E-state index is 11.7. The molecular weight excluding hydrogens is 242 g/mol. The summed E-state index contributed by atoms with van der Waals surface area (Å²) in [4.78, 5) is 26.3. The van der Waals surface area contributed by atoms with Crippen LogP contribution in [0.2, 0.25) is 0 Å². The van der Waals surface area contributed by atoms with Gasteiger partial charge in [0.25, 0.3) is 0 Å². The lowest BCUT2D eigenvalue weighted by Gasteiger charge is -2.18. The second kappa shape index (κ2) is 6.39. The van der Waals surface area contributed by atoms with Crippen LogP contribution in [0.5, 0.6) is 0 Å². The number of thiocarbonyl (C=S) groups is 1. The maximum absolute atomic E-state index is 11.7. The third kappa shape index (κ3) is 4.56. The Morgan fingerprint density at radius 1 is 1.59 bits per heavy atom. The second-order valence-electron chi connectivity index (χ2n) is 3.88. The first-order valence-corrected chi connectivity index (χ1v) is 5.85. The Morgan fingerprint density at radius 2 is 2.29 bits per heavy atom. The average Bonchev–Trinajstić information content (AvgIpc) is 2.68. The lowest BCUT2D eigenvalue weighted by atomic mass is 10.3. The Bertz CT molecular complexity index is 322. The lowest BCUT2D eigenvalue weighted by Crippen LogP contribution is -2.34. The summed E-state index contributed by atoms with van der Waals surface area (Å²) in [6.45, 7) is 1.88. The van der Waals surface area contributed by atoms with Crippen LogP contribution in [-0.2, 0) is 9.53 Å². The molecule has 0 aromatic rings. The molecule has 1 rings (SSSR count). The van der Waals surface area contributed by atoms with Gasteiger partial charge in [0.05, 0.1) is 11.5 Å². The molecule has 0 aliphatic carbocycles. The van der Waals surface area contributed by atoms with Gasteiger partial charge in [0.2, 0.25) is 5.91 Å². The van der Waals surface area contributed by atoms with E-state index < -0.39 is 0 Å². The topological polar surface area (TPSA) is 75.9 Å². The number of hydrogen-bond acceptors (Lipinski definition) is 4. The fraction of sp³-hybridized carbons (Fsp3) is 0.700. The van der Waals surface area contributed by atoms with Gasteiger partial charge in [-0.05, 0) is 0 Å². The van der Waals surface area contributed by atoms with E-state index in [9.17, 15) is 9.59 Å². The number of cyclic esters (lactones) is 1. The first-order chi connectivity index (χ1) is 8.00. The van der Waals surface area contributed by atoms with Gasteiger partial charge in [-0.25, -0.2) is 4.79 Å². The van der Waals surface area contributed by atoms with Gasteiger partial charge in [-0.2, -0.15) is 0 Å². The summed E-state index contributed by atoms with van der Waals surface area (Å²) < 4.78 is 4.77. The Morgan fingerprint density at radius 3 is 2.82 bits per heavy atom. The van der Waals surface area contributed by atoms with E-state index in [1.807, 2.05) is 0 Å². The van der Waals surface area contributed by atoms with Crippen molar-refractivity contribution in [3.8, 4) is 0 Å². The highest BCUT2D eigenvalue weighted by molar-refractivity contribution is 7.80. The molecule has 0 aromatic carbocycles. The molecule has 1 fully saturated rings. The van der Waals surface area contributed by atoms with Crippen LogP contribution in [0.4, 0.5) is 4.79 Å². The molecule has 1 aliphatic heterocycles. The van der Waals surface area contributed by atoms with Crippen molar-refractivity contribution >= 4 is 29.2 Å². The monoisotopic (exact) mass is 259 g/mol. The average molecular weight is 259 g/mol. The number of hydrogen-bond donors (Lipinski definition) is 1. The van der Waals surface area contributed by atoms with Gasteiger partial charge in [0.15, 0.2) is 0 Å². The van der Waals surface area contributed by atoms with E-state index >= 15 is 0 Å². The zero-order chi connectivity index (χ0) is 12.8. The van der Waals surface area contributed by atoms with Crippen molar-refractivity contribution in [2.24, 2.45) is 5.73 Å².